The van der Waals surface area contributed by atoms with Gasteiger partial charge >= 0.3 is 5.97 Å². The molecule has 0 bridgehead atoms. The number of carbonyl (C=O) groups excluding carboxylic acids is 1. The summed E-state index contributed by atoms with van der Waals surface area (Å²) < 4.78 is 5.40. The number of carbonyl (C=O) groups is 1. The van der Waals surface area contributed by atoms with Gasteiger partial charge in [-0.15, -0.1) is 0 Å². The Hall–Kier alpha value is -1.06. The van der Waals surface area contributed by atoms with Crippen LogP contribution in [0.5, 0.6) is 0 Å². The van der Waals surface area contributed by atoms with E-state index in [4.69, 9.17) is 16.3 Å². The molecule has 0 amide bonds. The Morgan fingerprint density at radius 1 is 1.42 bits per heavy atom. The first kappa shape index (κ1) is 14.4. The number of esters is 1. The quantitative estimate of drug-likeness (QED) is 0.865. The molecule has 2 rings (SSSR count). The number of benzene rings is 1. The van der Waals surface area contributed by atoms with Gasteiger partial charge in [-0.1, -0.05) is 37.6 Å². The zero-order valence-corrected chi connectivity index (χ0v) is 12.2. The number of halogens is 1. The first-order valence-electron chi connectivity index (χ1n) is 6.63. The maximum Gasteiger partial charge on any atom is 0.324 e. The van der Waals surface area contributed by atoms with Crippen LogP contribution in [0, 0.1) is 5.41 Å². The number of rotatable bonds is 3. The predicted octanol–water partition coefficient (Wildman–Crippen LogP) is 3.16. The van der Waals surface area contributed by atoms with Crippen molar-refractivity contribution in [2.45, 2.75) is 39.3 Å². The van der Waals surface area contributed by atoms with E-state index >= 15 is 0 Å². The Bertz CT molecular complexity index is 442. The van der Waals surface area contributed by atoms with E-state index < -0.39 is 0 Å². The van der Waals surface area contributed by atoms with Gasteiger partial charge in [0, 0.05) is 5.02 Å². The summed E-state index contributed by atoms with van der Waals surface area (Å²) >= 11 is 5.82. The molecule has 1 unspecified atom stereocenters. The summed E-state index contributed by atoms with van der Waals surface area (Å²) in [4.78, 5) is 12.1. The summed E-state index contributed by atoms with van der Waals surface area (Å²) in [5, 5.41) is 3.94. The minimum absolute atomic E-state index is 0.0463. The molecule has 1 fully saturated rings. The van der Waals surface area contributed by atoms with Gasteiger partial charge in [0.15, 0.2) is 0 Å². The highest BCUT2D eigenvalue weighted by molar-refractivity contribution is 6.30. The van der Waals surface area contributed by atoms with E-state index in [1.165, 1.54) is 0 Å². The van der Waals surface area contributed by atoms with Gasteiger partial charge in [-0.2, -0.15) is 0 Å². The molecule has 0 spiro atoms. The Labute approximate surface area is 119 Å². The molecular formula is C15H20ClNO2. The first-order valence-corrected chi connectivity index (χ1v) is 7.01. The summed E-state index contributed by atoms with van der Waals surface area (Å²) in [6, 6.07) is 7.12. The lowest BCUT2D eigenvalue weighted by Crippen LogP contribution is -2.52. The molecule has 19 heavy (non-hydrogen) atoms. The summed E-state index contributed by atoms with van der Waals surface area (Å²) in [5.74, 6) is -0.167. The monoisotopic (exact) mass is 281 g/mol. The third-order valence-corrected chi connectivity index (χ3v) is 3.91. The predicted molar refractivity (Wildman–Crippen MR) is 76.1 cm³/mol. The van der Waals surface area contributed by atoms with Crippen LogP contribution in [0.2, 0.25) is 5.02 Å². The number of hydrogen-bond acceptors (Lipinski definition) is 3. The maximum absolute atomic E-state index is 12.1. The average molecular weight is 282 g/mol. The second-order valence-electron chi connectivity index (χ2n) is 5.71. The summed E-state index contributed by atoms with van der Waals surface area (Å²) in [7, 11) is 0. The Kier molecular flexibility index (Phi) is 4.48. The zero-order chi connectivity index (χ0) is 13.9. The van der Waals surface area contributed by atoms with E-state index in [2.05, 4.69) is 19.2 Å². The molecule has 0 radical (unpaired) electrons. The topological polar surface area (TPSA) is 38.3 Å². The molecule has 1 aromatic carbocycles. The molecule has 4 heteroatoms. The van der Waals surface area contributed by atoms with Crippen molar-refractivity contribution in [2.24, 2.45) is 5.41 Å². The van der Waals surface area contributed by atoms with E-state index in [1.54, 1.807) is 12.1 Å². The normalized spacial score (nSPS) is 21.9. The van der Waals surface area contributed by atoms with Crippen LogP contribution >= 0.6 is 11.6 Å². The van der Waals surface area contributed by atoms with Gasteiger partial charge in [-0.3, -0.25) is 4.79 Å². The number of ether oxygens (including phenoxy) is 1. The van der Waals surface area contributed by atoms with Gasteiger partial charge in [-0.25, -0.2) is 0 Å². The molecule has 1 saturated heterocycles. The van der Waals surface area contributed by atoms with Crippen molar-refractivity contribution in [3.63, 3.8) is 0 Å². The van der Waals surface area contributed by atoms with Gasteiger partial charge in [0.2, 0.25) is 0 Å². The molecule has 1 aliphatic heterocycles. The van der Waals surface area contributed by atoms with Crippen LogP contribution in [0.4, 0.5) is 0 Å². The molecule has 1 aromatic rings. The van der Waals surface area contributed by atoms with Crippen molar-refractivity contribution < 1.29 is 9.53 Å². The maximum atomic E-state index is 12.1. The van der Waals surface area contributed by atoms with Crippen LogP contribution < -0.4 is 5.32 Å². The lowest BCUT2D eigenvalue weighted by molar-refractivity contribution is -0.151. The second kappa shape index (κ2) is 5.93. The van der Waals surface area contributed by atoms with Crippen LogP contribution in [0.15, 0.2) is 24.3 Å². The van der Waals surface area contributed by atoms with Crippen molar-refractivity contribution in [1.82, 2.24) is 5.32 Å². The average Bonchev–Trinajstić information content (AvgIpc) is 2.37. The van der Waals surface area contributed by atoms with Gasteiger partial charge in [0.05, 0.1) is 0 Å². The third kappa shape index (κ3) is 3.71. The Morgan fingerprint density at radius 3 is 2.74 bits per heavy atom. The molecule has 0 aromatic heterocycles. The Balaban J connectivity index is 1.92. The Morgan fingerprint density at radius 2 is 2.11 bits per heavy atom. The van der Waals surface area contributed by atoms with Crippen molar-refractivity contribution in [2.75, 3.05) is 6.54 Å². The molecule has 0 aliphatic carbocycles. The first-order chi connectivity index (χ1) is 8.99. The molecule has 1 heterocycles. The summed E-state index contributed by atoms with van der Waals surface area (Å²) in [6.45, 7) is 5.38. The molecule has 0 saturated carbocycles. The van der Waals surface area contributed by atoms with Crippen LogP contribution in [-0.2, 0) is 16.1 Å². The number of nitrogens with one attached hydrogen (secondary N) is 1. The minimum Gasteiger partial charge on any atom is -0.460 e. The summed E-state index contributed by atoms with van der Waals surface area (Å²) in [6.07, 6.45) is 2.15. The lowest BCUT2D eigenvalue weighted by atomic mass is 9.77. The molecule has 1 N–H and O–H groups in total. The number of hydrogen-bond donors (Lipinski definition) is 1. The highest BCUT2D eigenvalue weighted by Gasteiger charge is 2.38. The van der Waals surface area contributed by atoms with Crippen molar-refractivity contribution in [3.05, 3.63) is 34.9 Å². The smallest absolute Gasteiger partial charge is 0.324 e. The zero-order valence-electron chi connectivity index (χ0n) is 11.4. The van der Waals surface area contributed by atoms with Crippen LogP contribution in [0.25, 0.3) is 0 Å². The number of piperidine rings is 1. The van der Waals surface area contributed by atoms with Crippen molar-refractivity contribution in [3.8, 4) is 0 Å². The highest BCUT2D eigenvalue weighted by atomic mass is 35.5. The molecular weight excluding hydrogens is 262 g/mol. The van der Waals surface area contributed by atoms with Crippen molar-refractivity contribution in [1.29, 1.82) is 0 Å². The van der Waals surface area contributed by atoms with Crippen molar-refractivity contribution >= 4 is 17.6 Å². The fourth-order valence-electron chi connectivity index (χ4n) is 2.43. The van der Waals surface area contributed by atoms with Crippen LogP contribution in [0.3, 0.4) is 0 Å². The van der Waals surface area contributed by atoms with Crippen LogP contribution in [0.1, 0.15) is 32.3 Å². The molecule has 3 nitrogen and oxygen atoms in total. The van der Waals surface area contributed by atoms with Gasteiger partial charge < -0.3 is 10.1 Å². The lowest BCUT2D eigenvalue weighted by Gasteiger charge is -2.37. The minimum atomic E-state index is -0.214. The third-order valence-electron chi connectivity index (χ3n) is 3.66. The molecule has 1 aliphatic rings. The van der Waals surface area contributed by atoms with Gasteiger partial charge in [-0.05, 0) is 42.5 Å². The SMILES string of the molecule is CC1(C)CCCNC1C(=O)OCc1ccc(Cl)cc1. The largest absolute Gasteiger partial charge is 0.460 e. The fraction of sp³-hybridized carbons (Fsp3) is 0.533. The molecule has 1 atom stereocenters. The molecule has 104 valence electrons. The fourth-order valence-corrected chi connectivity index (χ4v) is 2.56. The van der Waals surface area contributed by atoms with E-state index in [0.29, 0.717) is 11.6 Å². The standard InChI is InChI=1S/C15H20ClNO2/c1-15(2)8-3-9-17-13(15)14(18)19-10-11-4-6-12(16)7-5-11/h4-7,13,17H,3,8-10H2,1-2H3. The van der Waals surface area contributed by atoms with Gasteiger partial charge in [0.1, 0.15) is 12.6 Å². The highest BCUT2D eigenvalue weighted by Crippen LogP contribution is 2.30. The second-order valence-corrected chi connectivity index (χ2v) is 6.15. The van der Waals surface area contributed by atoms with Crippen LogP contribution in [-0.4, -0.2) is 18.6 Å². The summed E-state index contributed by atoms with van der Waals surface area (Å²) in [5.41, 5.74) is 0.904. The van der Waals surface area contributed by atoms with E-state index in [0.717, 1.165) is 24.9 Å². The van der Waals surface area contributed by atoms with Gasteiger partial charge in [0.25, 0.3) is 0 Å². The van der Waals surface area contributed by atoms with E-state index in [-0.39, 0.29) is 17.4 Å². The van der Waals surface area contributed by atoms with E-state index in [1.807, 2.05) is 12.1 Å². The van der Waals surface area contributed by atoms with E-state index in [9.17, 15) is 4.79 Å².